The van der Waals surface area contributed by atoms with Crippen molar-refractivity contribution in [1.82, 2.24) is 0 Å². The van der Waals surface area contributed by atoms with Crippen molar-refractivity contribution in [3.8, 4) is 23.0 Å². The average molecular weight is 368 g/mol. The fraction of sp³-hybridized carbons (Fsp3) is 0.130. The van der Waals surface area contributed by atoms with Crippen molar-refractivity contribution < 1.29 is 17.6 Å². The number of benzene rings is 3. The molecule has 0 N–H and O–H groups in total. The van der Waals surface area contributed by atoms with E-state index in [1.54, 1.807) is 18.2 Å². The summed E-state index contributed by atoms with van der Waals surface area (Å²) in [5, 5.41) is 0. The highest BCUT2D eigenvalue weighted by Gasteiger charge is 2.10. The molecule has 0 unspecified atom stereocenters. The summed E-state index contributed by atoms with van der Waals surface area (Å²) in [4.78, 5) is 0. The molecule has 0 nitrogen and oxygen atoms in total. The van der Waals surface area contributed by atoms with Gasteiger partial charge in [0.25, 0.3) is 0 Å². The zero-order chi connectivity index (χ0) is 19.6. The van der Waals surface area contributed by atoms with Gasteiger partial charge in [-0.25, -0.2) is 17.6 Å². The fourth-order valence-corrected chi connectivity index (χ4v) is 2.80. The molecule has 0 aliphatic rings. The lowest BCUT2D eigenvalue weighted by atomic mass is 9.97. The lowest BCUT2D eigenvalue weighted by Gasteiger charge is -2.08. The quantitative estimate of drug-likeness (QED) is 0.288. The standard InChI is InChI=1S/C23H16F4/c1-3-16-13-18(19-9-4-14(2)10-20(19)24)8-7-17(16)6-5-15-11-21(25)23(27)22(26)12-15/h4,7-13H,3H2,1-2H3. The Hall–Kier alpha value is -3.06. The molecule has 0 bridgehead atoms. The summed E-state index contributed by atoms with van der Waals surface area (Å²) in [6, 6.07) is 12.1. The molecule has 27 heavy (non-hydrogen) atoms. The van der Waals surface area contributed by atoms with Gasteiger partial charge in [-0.05, 0) is 60.4 Å². The van der Waals surface area contributed by atoms with Crippen molar-refractivity contribution >= 4 is 0 Å². The van der Waals surface area contributed by atoms with Gasteiger partial charge < -0.3 is 0 Å². The van der Waals surface area contributed by atoms with E-state index in [0.29, 0.717) is 17.5 Å². The summed E-state index contributed by atoms with van der Waals surface area (Å²) in [5.74, 6) is 1.14. The highest BCUT2D eigenvalue weighted by Crippen LogP contribution is 2.26. The maximum absolute atomic E-state index is 14.2. The molecule has 4 heteroatoms. The average Bonchev–Trinajstić information content (AvgIpc) is 2.64. The van der Waals surface area contributed by atoms with Gasteiger partial charge in [0.15, 0.2) is 17.5 Å². The topological polar surface area (TPSA) is 0 Å². The molecule has 0 radical (unpaired) electrons. The molecule has 0 spiro atoms. The van der Waals surface area contributed by atoms with Gasteiger partial charge in [0.1, 0.15) is 5.82 Å². The van der Waals surface area contributed by atoms with Crippen LogP contribution >= 0.6 is 0 Å². The summed E-state index contributed by atoms with van der Waals surface area (Å²) < 4.78 is 53.8. The number of halogens is 4. The fourth-order valence-electron chi connectivity index (χ4n) is 2.80. The van der Waals surface area contributed by atoms with Gasteiger partial charge in [0, 0.05) is 16.7 Å². The predicted octanol–water partition coefficient (Wildman–Crippen LogP) is 6.18. The molecule has 0 atom stereocenters. The highest BCUT2D eigenvalue weighted by molar-refractivity contribution is 5.67. The van der Waals surface area contributed by atoms with Crippen molar-refractivity contribution in [1.29, 1.82) is 0 Å². The largest absolute Gasteiger partial charge is 0.206 e. The Morgan fingerprint density at radius 1 is 0.778 bits per heavy atom. The van der Waals surface area contributed by atoms with Gasteiger partial charge in [0.2, 0.25) is 0 Å². The predicted molar refractivity (Wildman–Crippen MR) is 98.2 cm³/mol. The molecule has 3 aromatic rings. The lowest BCUT2D eigenvalue weighted by Crippen LogP contribution is -1.93. The van der Waals surface area contributed by atoms with Gasteiger partial charge in [-0.3, -0.25) is 0 Å². The van der Waals surface area contributed by atoms with Crippen molar-refractivity contribution in [2.75, 3.05) is 0 Å². The Labute approximate surface area is 155 Å². The van der Waals surface area contributed by atoms with E-state index < -0.39 is 17.5 Å². The normalized spacial score (nSPS) is 10.4. The third kappa shape index (κ3) is 4.03. The van der Waals surface area contributed by atoms with E-state index in [-0.39, 0.29) is 11.4 Å². The Bertz CT molecular complexity index is 1050. The van der Waals surface area contributed by atoms with Gasteiger partial charge in [-0.15, -0.1) is 0 Å². The number of hydrogen-bond acceptors (Lipinski definition) is 0. The molecule has 0 aromatic heterocycles. The van der Waals surface area contributed by atoms with E-state index in [1.807, 2.05) is 26.0 Å². The van der Waals surface area contributed by atoms with E-state index in [9.17, 15) is 17.6 Å². The molecule has 0 saturated heterocycles. The number of hydrogen-bond donors (Lipinski definition) is 0. The molecular formula is C23H16F4. The van der Waals surface area contributed by atoms with E-state index in [2.05, 4.69) is 11.8 Å². The first-order valence-corrected chi connectivity index (χ1v) is 8.45. The third-order valence-corrected chi connectivity index (χ3v) is 4.25. The minimum Gasteiger partial charge on any atom is -0.206 e. The zero-order valence-corrected chi connectivity index (χ0v) is 14.8. The van der Waals surface area contributed by atoms with Crippen LogP contribution in [0.15, 0.2) is 48.5 Å². The van der Waals surface area contributed by atoms with Crippen LogP contribution < -0.4 is 0 Å². The number of aryl methyl sites for hydroxylation is 2. The summed E-state index contributed by atoms with van der Waals surface area (Å²) in [5.41, 5.74) is 3.66. The van der Waals surface area contributed by atoms with Crippen LogP contribution in [0.4, 0.5) is 17.6 Å². The number of rotatable bonds is 2. The summed E-state index contributed by atoms with van der Waals surface area (Å²) in [6.07, 6.45) is 0.650. The van der Waals surface area contributed by atoms with Crippen LogP contribution in [0.3, 0.4) is 0 Å². The molecule has 0 heterocycles. The van der Waals surface area contributed by atoms with Crippen LogP contribution in [-0.2, 0) is 6.42 Å². The van der Waals surface area contributed by atoms with Gasteiger partial charge >= 0.3 is 0 Å². The Morgan fingerprint density at radius 2 is 1.48 bits per heavy atom. The van der Waals surface area contributed by atoms with Crippen LogP contribution in [0.25, 0.3) is 11.1 Å². The van der Waals surface area contributed by atoms with E-state index in [4.69, 9.17) is 0 Å². The Kier molecular flexibility index (Phi) is 5.32. The minimum absolute atomic E-state index is 0.0436. The zero-order valence-electron chi connectivity index (χ0n) is 14.8. The van der Waals surface area contributed by atoms with E-state index in [1.165, 1.54) is 6.07 Å². The smallest absolute Gasteiger partial charge is 0.194 e. The van der Waals surface area contributed by atoms with Crippen LogP contribution in [0, 0.1) is 42.0 Å². The Balaban J connectivity index is 1.99. The van der Waals surface area contributed by atoms with E-state index >= 15 is 0 Å². The van der Waals surface area contributed by atoms with Gasteiger partial charge in [0.05, 0.1) is 0 Å². The van der Waals surface area contributed by atoms with Crippen molar-refractivity contribution in [3.63, 3.8) is 0 Å². The molecular weight excluding hydrogens is 352 g/mol. The molecule has 0 fully saturated rings. The second kappa shape index (κ2) is 7.67. The summed E-state index contributed by atoms with van der Waals surface area (Å²) in [6.45, 7) is 3.76. The molecule has 0 amide bonds. The maximum atomic E-state index is 14.2. The second-order valence-electron chi connectivity index (χ2n) is 6.21. The third-order valence-electron chi connectivity index (χ3n) is 4.25. The van der Waals surface area contributed by atoms with Gasteiger partial charge in [-0.2, -0.15) is 0 Å². The second-order valence-corrected chi connectivity index (χ2v) is 6.21. The maximum Gasteiger partial charge on any atom is 0.194 e. The van der Waals surface area contributed by atoms with Gasteiger partial charge in [-0.1, -0.05) is 37.0 Å². The minimum atomic E-state index is -1.51. The molecule has 0 saturated carbocycles. The van der Waals surface area contributed by atoms with Crippen LogP contribution in [0.2, 0.25) is 0 Å². The van der Waals surface area contributed by atoms with Crippen molar-refractivity contribution in [2.45, 2.75) is 20.3 Å². The van der Waals surface area contributed by atoms with Crippen LogP contribution in [0.1, 0.15) is 29.2 Å². The first-order valence-electron chi connectivity index (χ1n) is 8.45. The first-order chi connectivity index (χ1) is 12.9. The van der Waals surface area contributed by atoms with E-state index in [0.717, 1.165) is 28.8 Å². The van der Waals surface area contributed by atoms with Crippen molar-refractivity contribution in [3.05, 3.63) is 94.1 Å². The molecule has 136 valence electrons. The van der Waals surface area contributed by atoms with Crippen LogP contribution in [-0.4, -0.2) is 0 Å². The highest BCUT2D eigenvalue weighted by atomic mass is 19.2. The summed E-state index contributed by atoms with van der Waals surface area (Å²) >= 11 is 0. The van der Waals surface area contributed by atoms with Crippen molar-refractivity contribution in [2.24, 2.45) is 0 Å². The molecule has 3 rings (SSSR count). The Morgan fingerprint density at radius 3 is 2.11 bits per heavy atom. The SMILES string of the molecule is CCc1cc(-c2ccc(C)cc2F)ccc1C#Cc1cc(F)c(F)c(F)c1. The monoisotopic (exact) mass is 368 g/mol. The summed E-state index contributed by atoms with van der Waals surface area (Å²) in [7, 11) is 0. The molecule has 3 aromatic carbocycles. The molecule has 0 aliphatic carbocycles. The first kappa shape index (κ1) is 18.7. The molecule has 0 aliphatic heterocycles. The lowest BCUT2D eigenvalue weighted by molar-refractivity contribution is 0.446. The van der Waals surface area contributed by atoms with Crippen LogP contribution in [0.5, 0.6) is 0 Å².